The van der Waals surface area contributed by atoms with Crippen LogP contribution >= 0.6 is 24.4 Å². The van der Waals surface area contributed by atoms with Gasteiger partial charge in [0.25, 0.3) is 5.17 Å². The van der Waals surface area contributed by atoms with E-state index in [1.807, 2.05) is 0 Å². The van der Waals surface area contributed by atoms with Crippen molar-refractivity contribution in [3.63, 3.8) is 0 Å². The van der Waals surface area contributed by atoms with Crippen LogP contribution in [-0.4, -0.2) is 16.1 Å². The normalized spacial score (nSPS) is 7.20. The number of hydrogen-bond donors (Lipinski definition) is 2. The Hall–Kier alpha value is -0.0617. The van der Waals surface area contributed by atoms with Crippen molar-refractivity contribution in [2.24, 2.45) is 11.5 Å². The maximum atomic E-state index is 10.3. The first-order chi connectivity index (χ1) is 4.04. The van der Waals surface area contributed by atoms with Crippen LogP contribution < -0.4 is 11.5 Å². The minimum atomic E-state index is -0.877. The maximum absolute atomic E-state index is 10.3. The fourth-order valence-corrected chi connectivity index (χ4v) is 0.259. The van der Waals surface area contributed by atoms with Crippen LogP contribution in [0.1, 0.15) is 0 Å². The summed E-state index contributed by atoms with van der Waals surface area (Å²) in [4.78, 5) is 9.91. The van der Waals surface area contributed by atoms with E-state index in [0.717, 1.165) is 0 Å². The summed E-state index contributed by atoms with van der Waals surface area (Å²) in [6, 6.07) is 0. The molecule has 0 saturated carbocycles. The average Bonchev–Trinajstić information content (AvgIpc) is 1.63. The SMILES string of the molecule is NC(=S)OC(=O)C(N)=S.[Mo]. The molecule has 4 nitrogen and oxygen atoms in total. The second-order valence-corrected chi connectivity index (χ2v) is 1.92. The first kappa shape index (κ1) is 12.6. The molecule has 0 rings (SSSR count). The van der Waals surface area contributed by atoms with E-state index < -0.39 is 5.97 Å². The van der Waals surface area contributed by atoms with Crippen LogP contribution in [0.15, 0.2) is 0 Å². The van der Waals surface area contributed by atoms with Gasteiger partial charge < -0.3 is 16.2 Å². The molecule has 0 unspecified atom stereocenters. The zero-order valence-electron chi connectivity index (χ0n) is 4.70. The molecule has 0 bridgehead atoms. The molecule has 0 aromatic rings. The monoisotopic (exact) mass is 262 g/mol. The summed E-state index contributed by atoms with van der Waals surface area (Å²) in [5.74, 6) is -0.877. The molecule has 0 aliphatic heterocycles. The Morgan fingerprint density at radius 2 is 1.70 bits per heavy atom. The van der Waals surface area contributed by atoms with Crippen molar-refractivity contribution >= 4 is 40.6 Å². The van der Waals surface area contributed by atoms with Gasteiger partial charge in [-0.25, -0.2) is 4.79 Å². The minimum absolute atomic E-state index is 0. The third kappa shape index (κ3) is 6.06. The van der Waals surface area contributed by atoms with Gasteiger partial charge in [0.05, 0.1) is 0 Å². The van der Waals surface area contributed by atoms with Crippen LogP contribution in [-0.2, 0) is 30.6 Å². The molecule has 0 heterocycles. The predicted molar refractivity (Wildman–Crippen MR) is 39.7 cm³/mol. The zero-order valence-corrected chi connectivity index (χ0v) is 8.34. The molecule has 0 aliphatic rings. The van der Waals surface area contributed by atoms with Gasteiger partial charge in [0.1, 0.15) is 0 Å². The van der Waals surface area contributed by atoms with Crippen molar-refractivity contribution in [3.8, 4) is 0 Å². The Morgan fingerprint density at radius 1 is 1.30 bits per heavy atom. The van der Waals surface area contributed by atoms with E-state index in [-0.39, 0.29) is 31.2 Å². The maximum Gasteiger partial charge on any atom is 0.372 e. The van der Waals surface area contributed by atoms with E-state index in [9.17, 15) is 4.79 Å². The molecule has 0 atom stereocenters. The van der Waals surface area contributed by atoms with E-state index in [1.54, 1.807) is 0 Å². The van der Waals surface area contributed by atoms with Crippen LogP contribution in [0.5, 0.6) is 0 Å². The molecule has 0 radical (unpaired) electrons. The number of carbonyl (C=O) groups is 1. The Morgan fingerprint density at radius 3 is 1.80 bits per heavy atom. The standard InChI is InChI=1S/C3H4N2O2S2.Mo/c4-1(8)2(6)7-3(5)9;/h(H2,4,8)(H2,5,9);. The zero-order chi connectivity index (χ0) is 7.44. The van der Waals surface area contributed by atoms with Crippen molar-refractivity contribution in [2.75, 3.05) is 0 Å². The summed E-state index contributed by atoms with van der Waals surface area (Å²) in [5, 5.41) is -0.382. The Kier molecular flexibility index (Phi) is 7.19. The Labute approximate surface area is 82.5 Å². The topological polar surface area (TPSA) is 78.3 Å². The van der Waals surface area contributed by atoms with Crippen molar-refractivity contribution < 1.29 is 30.6 Å². The molecule has 7 heteroatoms. The van der Waals surface area contributed by atoms with Crippen molar-refractivity contribution in [2.45, 2.75) is 0 Å². The molecule has 4 N–H and O–H groups in total. The third-order valence-electron chi connectivity index (χ3n) is 0.394. The molecule has 0 fully saturated rings. The van der Waals surface area contributed by atoms with Crippen molar-refractivity contribution in [3.05, 3.63) is 0 Å². The molecule has 0 aromatic heterocycles. The fraction of sp³-hybridized carbons (Fsp3) is 0. The molecule has 0 saturated heterocycles. The summed E-state index contributed by atoms with van der Waals surface area (Å²) in [7, 11) is 0. The number of thiocarbonyl (C=S) groups is 2. The van der Waals surface area contributed by atoms with E-state index >= 15 is 0 Å². The molecular weight excluding hydrogens is 256 g/mol. The van der Waals surface area contributed by atoms with Gasteiger partial charge in [0.2, 0.25) is 0 Å². The van der Waals surface area contributed by atoms with Crippen LogP contribution in [0.4, 0.5) is 0 Å². The van der Waals surface area contributed by atoms with Crippen LogP contribution in [0.3, 0.4) is 0 Å². The Balaban J connectivity index is 0. The minimum Gasteiger partial charge on any atom is -0.394 e. The third-order valence-corrected chi connectivity index (χ3v) is 0.644. The number of ether oxygens (including phenoxy) is 1. The van der Waals surface area contributed by atoms with E-state index in [2.05, 4.69) is 29.2 Å². The second kappa shape index (κ2) is 5.70. The molecule has 10 heavy (non-hydrogen) atoms. The van der Waals surface area contributed by atoms with Crippen LogP contribution in [0.25, 0.3) is 0 Å². The number of rotatable bonds is 0. The first-order valence-corrected chi connectivity index (χ1v) is 2.66. The number of esters is 1. The van der Waals surface area contributed by atoms with Gasteiger partial charge in [-0.3, -0.25) is 0 Å². The molecular formula is C3H4MoN2O2S2. The van der Waals surface area contributed by atoms with Gasteiger partial charge >= 0.3 is 5.97 Å². The number of carbonyl (C=O) groups excluding carboxylic acids is 1. The average molecular weight is 260 g/mol. The number of nitrogens with two attached hydrogens (primary N) is 2. The summed E-state index contributed by atoms with van der Waals surface area (Å²) < 4.78 is 4.12. The van der Waals surface area contributed by atoms with E-state index in [4.69, 9.17) is 11.5 Å². The smallest absolute Gasteiger partial charge is 0.372 e. The van der Waals surface area contributed by atoms with Gasteiger partial charge in [-0.1, -0.05) is 12.2 Å². The molecule has 0 spiro atoms. The van der Waals surface area contributed by atoms with Crippen molar-refractivity contribution in [1.29, 1.82) is 0 Å². The predicted octanol–water partition coefficient (Wildman–Crippen LogP) is -0.943. The first-order valence-electron chi connectivity index (χ1n) is 1.85. The summed E-state index contributed by atoms with van der Waals surface area (Å²) in [5.41, 5.74) is 9.63. The van der Waals surface area contributed by atoms with Gasteiger partial charge in [0, 0.05) is 21.1 Å². The number of hydrogen-bond acceptors (Lipinski definition) is 4. The largest absolute Gasteiger partial charge is 0.394 e. The van der Waals surface area contributed by atoms with E-state index in [0.29, 0.717) is 0 Å². The van der Waals surface area contributed by atoms with Gasteiger partial charge in [0.15, 0.2) is 4.99 Å². The fourth-order valence-electron chi connectivity index (χ4n) is 0.142. The second-order valence-electron chi connectivity index (χ2n) is 1.07. The van der Waals surface area contributed by atoms with Crippen LogP contribution in [0, 0.1) is 0 Å². The van der Waals surface area contributed by atoms with Gasteiger partial charge in [-0.05, 0) is 12.2 Å². The molecule has 0 aliphatic carbocycles. The summed E-state index contributed by atoms with van der Waals surface area (Å²) in [6.07, 6.45) is 0. The van der Waals surface area contributed by atoms with Crippen LogP contribution in [0.2, 0.25) is 0 Å². The summed E-state index contributed by atoms with van der Waals surface area (Å²) in [6.45, 7) is 0. The quantitative estimate of drug-likeness (QED) is 0.332. The molecule has 0 aromatic carbocycles. The van der Waals surface area contributed by atoms with Gasteiger partial charge in [-0.2, -0.15) is 0 Å². The van der Waals surface area contributed by atoms with Gasteiger partial charge in [-0.15, -0.1) is 0 Å². The summed E-state index contributed by atoms with van der Waals surface area (Å²) >= 11 is 8.44. The molecule has 0 amide bonds. The molecule has 56 valence electrons. The Bertz CT molecular complexity index is 172. The van der Waals surface area contributed by atoms with Crippen molar-refractivity contribution in [1.82, 2.24) is 0 Å². The van der Waals surface area contributed by atoms with E-state index in [1.165, 1.54) is 0 Å².